The van der Waals surface area contributed by atoms with Crippen molar-refractivity contribution >= 4 is 17.4 Å². The first-order valence-electron chi connectivity index (χ1n) is 6.73. The second-order valence-electron chi connectivity index (χ2n) is 5.34. The second kappa shape index (κ2) is 6.27. The molecule has 0 fully saturated rings. The van der Waals surface area contributed by atoms with Crippen molar-refractivity contribution in [1.29, 1.82) is 0 Å². The number of halogens is 1. The zero-order chi connectivity index (χ0) is 14.7. The molecular formula is C17H19ClO2. The third-order valence-electron chi connectivity index (χ3n) is 3.72. The summed E-state index contributed by atoms with van der Waals surface area (Å²) in [6.07, 6.45) is 1.31. The van der Waals surface area contributed by atoms with Gasteiger partial charge in [-0.3, -0.25) is 4.79 Å². The van der Waals surface area contributed by atoms with Crippen LogP contribution in [0.4, 0.5) is 0 Å². The lowest BCUT2D eigenvalue weighted by molar-refractivity contribution is -0.117. The number of carbonyl (C=O) groups is 1. The first-order valence-corrected chi connectivity index (χ1v) is 7.10. The molecule has 0 aromatic heterocycles. The fourth-order valence-electron chi connectivity index (χ4n) is 2.25. The van der Waals surface area contributed by atoms with Crippen molar-refractivity contribution in [2.75, 3.05) is 0 Å². The van der Waals surface area contributed by atoms with Gasteiger partial charge in [0, 0.05) is 23.4 Å². The van der Waals surface area contributed by atoms with Gasteiger partial charge in [-0.2, -0.15) is 0 Å². The van der Waals surface area contributed by atoms with E-state index < -0.39 is 0 Å². The molecule has 0 N–H and O–H groups in total. The Morgan fingerprint density at radius 2 is 2.00 bits per heavy atom. The van der Waals surface area contributed by atoms with Gasteiger partial charge in [0.05, 0.1) is 0 Å². The van der Waals surface area contributed by atoms with E-state index in [9.17, 15) is 4.79 Å². The fourth-order valence-corrected chi connectivity index (χ4v) is 2.37. The fraction of sp³-hybridized carbons (Fsp3) is 0.353. The van der Waals surface area contributed by atoms with Crippen molar-refractivity contribution in [1.82, 2.24) is 0 Å². The molecule has 0 saturated heterocycles. The SMILES string of the molecule is C=C(C)C1CC(=O)C(C)=C(OCc2ccc(Cl)cc2)C1. The molecule has 0 radical (unpaired) electrons. The Bertz CT molecular complexity index is 555. The lowest BCUT2D eigenvalue weighted by atomic mass is 9.84. The van der Waals surface area contributed by atoms with Gasteiger partial charge in [-0.15, -0.1) is 0 Å². The van der Waals surface area contributed by atoms with Gasteiger partial charge < -0.3 is 4.74 Å². The highest BCUT2D eigenvalue weighted by Gasteiger charge is 2.26. The van der Waals surface area contributed by atoms with Crippen molar-refractivity contribution in [3.8, 4) is 0 Å². The van der Waals surface area contributed by atoms with Crippen molar-refractivity contribution in [2.45, 2.75) is 33.3 Å². The number of ketones is 1. The number of ether oxygens (including phenoxy) is 1. The Hall–Kier alpha value is -1.54. The van der Waals surface area contributed by atoms with E-state index in [1.54, 1.807) is 0 Å². The van der Waals surface area contributed by atoms with Crippen LogP contribution in [0.5, 0.6) is 0 Å². The molecule has 0 bridgehead atoms. The van der Waals surface area contributed by atoms with E-state index in [1.807, 2.05) is 38.1 Å². The summed E-state index contributed by atoms with van der Waals surface area (Å²) in [5, 5.41) is 0.708. The molecule has 1 atom stereocenters. The average Bonchev–Trinajstić information content (AvgIpc) is 2.42. The summed E-state index contributed by atoms with van der Waals surface area (Å²) >= 11 is 5.85. The first kappa shape index (κ1) is 14.9. The van der Waals surface area contributed by atoms with E-state index >= 15 is 0 Å². The Morgan fingerprint density at radius 1 is 1.35 bits per heavy atom. The monoisotopic (exact) mass is 290 g/mol. The molecule has 0 amide bonds. The molecule has 2 nitrogen and oxygen atoms in total. The van der Waals surface area contributed by atoms with Crippen molar-refractivity contribution < 1.29 is 9.53 Å². The molecule has 1 aromatic rings. The highest BCUT2D eigenvalue weighted by atomic mass is 35.5. The Balaban J connectivity index is 2.06. The standard InChI is InChI=1S/C17H19ClO2/c1-11(2)14-8-16(19)12(3)17(9-14)20-10-13-4-6-15(18)7-5-13/h4-7,14H,1,8-10H2,2-3H3. The maximum Gasteiger partial charge on any atom is 0.162 e. The Labute approximate surface area is 125 Å². The van der Waals surface area contributed by atoms with Crippen LogP contribution in [0, 0.1) is 5.92 Å². The van der Waals surface area contributed by atoms with E-state index in [4.69, 9.17) is 16.3 Å². The zero-order valence-electron chi connectivity index (χ0n) is 11.9. The van der Waals surface area contributed by atoms with Crippen LogP contribution in [0.1, 0.15) is 32.3 Å². The van der Waals surface area contributed by atoms with Crippen LogP contribution in [-0.4, -0.2) is 5.78 Å². The molecule has 1 aliphatic rings. The molecule has 1 aromatic carbocycles. The molecule has 0 saturated carbocycles. The lowest BCUT2D eigenvalue weighted by Crippen LogP contribution is -2.20. The van der Waals surface area contributed by atoms with E-state index in [1.165, 1.54) is 0 Å². The Kier molecular flexibility index (Phi) is 4.66. The number of benzene rings is 1. The Morgan fingerprint density at radius 3 is 2.60 bits per heavy atom. The normalized spacial score (nSPS) is 19.1. The summed E-state index contributed by atoms with van der Waals surface area (Å²) in [4.78, 5) is 12.0. The summed E-state index contributed by atoms with van der Waals surface area (Å²) < 4.78 is 5.85. The van der Waals surface area contributed by atoms with Crippen LogP contribution in [0.25, 0.3) is 0 Å². The molecule has 0 heterocycles. The highest BCUT2D eigenvalue weighted by molar-refractivity contribution is 6.30. The first-order chi connectivity index (χ1) is 9.47. The summed E-state index contributed by atoms with van der Waals surface area (Å²) in [5.74, 6) is 1.16. The summed E-state index contributed by atoms with van der Waals surface area (Å²) in [6.45, 7) is 8.22. The minimum Gasteiger partial charge on any atom is -0.493 e. The minimum absolute atomic E-state index is 0.162. The predicted octanol–water partition coefficient (Wildman–Crippen LogP) is 4.69. The minimum atomic E-state index is 0.162. The van der Waals surface area contributed by atoms with Gasteiger partial charge in [-0.05, 0) is 37.5 Å². The molecule has 0 spiro atoms. The summed E-state index contributed by atoms with van der Waals surface area (Å²) in [7, 11) is 0. The van der Waals surface area contributed by atoms with Gasteiger partial charge in [-0.25, -0.2) is 0 Å². The smallest absolute Gasteiger partial charge is 0.162 e. The van der Waals surface area contributed by atoms with Gasteiger partial charge in [0.25, 0.3) is 0 Å². The number of Topliss-reactive ketones (excluding diaryl/α,β-unsaturated/α-hetero) is 1. The molecule has 3 heteroatoms. The number of hydrogen-bond acceptors (Lipinski definition) is 2. The summed E-state index contributed by atoms with van der Waals surface area (Å²) in [5.41, 5.74) is 2.83. The van der Waals surface area contributed by atoms with Crippen LogP contribution >= 0.6 is 11.6 Å². The maximum atomic E-state index is 12.0. The lowest BCUT2D eigenvalue weighted by Gasteiger charge is -2.25. The van der Waals surface area contributed by atoms with Crippen molar-refractivity contribution in [2.24, 2.45) is 5.92 Å². The molecule has 20 heavy (non-hydrogen) atoms. The van der Waals surface area contributed by atoms with Crippen molar-refractivity contribution in [3.05, 3.63) is 58.3 Å². The molecule has 1 unspecified atom stereocenters. The average molecular weight is 291 g/mol. The molecule has 1 aliphatic carbocycles. The van der Waals surface area contributed by atoms with E-state index in [-0.39, 0.29) is 11.7 Å². The van der Waals surface area contributed by atoms with Gasteiger partial charge in [0.2, 0.25) is 0 Å². The van der Waals surface area contributed by atoms with Crippen LogP contribution in [0.2, 0.25) is 5.02 Å². The summed E-state index contributed by atoms with van der Waals surface area (Å²) in [6, 6.07) is 7.53. The third kappa shape index (κ3) is 3.51. The number of allylic oxidation sites excluding steroid dienone is 3. The quantitative estimate of drug-likeness (QED) is 0.752. The highest BCUT2D eigenvalue weighted by Crippen LogP contribution is 2.32. The second-order valence-corrected chi connectivity index (χ2v) is 5.77. The number of hydrogen-bond donors (Lipinski definition) is 0. The molecular weight excluding hydrogens is 272 g/mol. The van der Waals surface area contributed by atoms with Crippen LogP contribution in [0.3, 0.4) is 0 Å². The van der Waals surface area contributed by atoms with Crippen LogP contribution in [-0.2, 0) is 16.1 Å². The van der Waals surface area contributed by atoms with E-state index in [0.717, 1.165) is 28.9 Å². The molecule has 106 valence electrons. The van der Waals surface area contributed by atoms with Crippen LogP contribution < -0.4 is 0 Å². The number of rotatable bonds is 4. The van der Waals surface area contributed by atoms with Gasteiger partial charge in [-0.1, -0.05) is 35.9 Å². The molecule has 2 rings (SSSR count). The van der Waals surface area contributed by atoms with Gasteiger partial charge in [0.1, 0.15) is 12.4 Å². The number of carbonyl (C=O) groups excluding carboxylic acids is 1. The molecule has 0 aliphatic heterocycles. The van der Waals surface area contributed by atoms with E-state index in [2.05, 4.69) is 6.58 Å². The predicted molar refractivity (Wildman–Crippen MR) is 81.5 cm³/mol. The maximum absolute atomic E-state index is 12.0. The third-order valence-corrected chi connectivity index (χ3v) is 3.98. The van der Waals surface area contributed by atoms with E-state index in [0.29, 0.717) is 18.1 Å². The largest absolute Gasteiger partial charge is 0.493 e. The van der Waals surface area contributed by atoms with Crippen molar-refractivity contribution in [3.63, 3.8) is 0 Å². The zero-order valence-corrected chi connectivity index (χ0v) is 12.7. The topological polar surface area (TPSA) is 26.3 Å². The van der Waals surface area contributed by atoms with Crippen LogP contribution in [0.15, 0.2) is 47.7 Å². The van der Waals surface area contributed by atoms with Gasteiger partial charge >= 0.3 is 0 Å². The van der Waals surface area contributed by atoms with Gasteiger partial charge in [0.15, 0.2) is 5.78 Å².